The summed E-state index contributed by atoms with van der Waals surface area (Å²) in [7, 11) is 0. The molecule has 100 valence electrons. The molecule has 1 aromatic carbocycles. The third-order valence-corrected chi connectivity index (χ3v) is 2.83. The number of carbonyl (C=O) groups excluding carboxylic acids is 1. The van der Waals surface area contributed by atoms with E-state index in [0.29, 0.717) is 23.8 Å². The smallest absolute Gasteiger partial charge is 0.321 e. The Bertz CT molecular complexity index is 404. The second-order valence-corrected chi connectivity index (χ2v) is 4.54. The third-order valence-electron chi connectivity index (χ3n) is 2.59. The number of halogens is 1. The summed E-state index contributed by atoms with van der Waals surface area (Å²) < 4.78 is 0. The van der Waals surface area contributed by atoms with Gasteiger partial charge in [0.05, 0.1) is 6.61 Å². The van der Waals surface area contributed by atoms with E-state index in [1.165, 1.54) is 0 Å². The topological polar surface area (TPSA) is 52.6 Å². The summed E-state index contributed by atoms with van der Waals surface area (Å²) in [6.45, 7) is 4.80. The van der Waals surface area contributed by atoms with Crippen LogP contribution in [0.4, 0.5) is 10.5 Å². The molecule has 0 aromatic heterocycles. The molecule has 0 fully saturated rings. The molecule has 18 heavy (non-hydrogen) atoms. The Morgan fingerprint density at radius 1 is 1.44 bits per heavy atom. The van der Waals surface area contributed by atoms with Gasteiger partial charge in [0.25, 0.3) is 0 Å². The summed E-state index contributed by atoms with van der Waals surface area (Å²) >= 11 is 5.90. The predicted molar refractivity (Wildman–Crippen MR) is 74.2 cm³/mol. The normalized spacial score (nSPS) is 10.2. The molecule has 0 saturated carbocycles. The fourth-order valence-corrected chi connectivity index (χ4v) is 1.80. The number of hydrogen-bond acceptors (Lipinski definition) is 2. The molecule has 4 nitrogen and oxygen atoms in total. The van der Waals surface area contributed by atoms with Gasteiger partial charge in [-0.1, -0.05) is 24.6 Å². The second-order valence-electron chi connectivity index (χ2n) is 4.10. The fourth-order valence-electron chi connectivity index (χ4n) is 1.63. The maximum atomic E-state index is 12.0. The first-order valence-electron chi connectivity index (χ1n) is 6.01. The van der Waals surface area contributed by atoms with Crippen LogP contribution in [0.15, 0.2) is 18.2 Å². The van der Waals surface area contributed by atoms with Gasteiger partial charge >= 0.3 is 6.03 Å². The van der Waals surface area contributed by atoms with Crippen molar-refractivity contribution in [3.05, 3.63) is 28.8 Å². The van der Waals surface area contributed by atoms with E-state index in [9.17, 15) is 4.79 Å². The molecular formula is C13H19ClN2O2. The van der Waals surface area contributed by atoms with Gasteiger partial charge in [-0.2, -0.15) is 0 Å². The number of anilines is 1. The lowest BCUT2D eigenvalue weighted by Gasteiger charge is -2.22. The van der Waals surface area contributed by atoms with Crippen molar-refractivity contribution in [1.82, 2.24) is 4.90 Å². The molecule has 1 aromatic rings. The maximum absolute atomic E-state index is 12.0. The van der Waals surface area contributed by atoms with E-state index in [4.69, 9.17) is 16.7 Å². The molecule has 0 spiro atoms. The highest BCUT2D eigenvalue weighted by Gasteiger charge is 2.13. The number of aliphatic hydroxyl groups excluding tert-OH is 1. The largest absolute Gasteiger partial charge is 0.395 e. The number of hydrogen-bond donors (Lipinski definition) is 2. The van der Waals surface area contributed by atoms with Gasteiger partial charge in [0.15, 0.2) is 0 Å². The van der Waals surface area contributed by atoms with Gasteiger partial charge in [0, 0.05) is 23.8 Å². The molecule has 0 aliphatic rings. The highest BCUT2D eigenvalue weighted by atomic mass is 35.5. The molecule has 0 aliphatic heterocycles. The van der Waals surface area contributed by atoms with E-state index in [-0.39, 0.29) is 12.6 Å². The van der Waals surface area contributed by atoms with Crippen molar-refractivity contribution in [2.75, 3.05) is 25.0 Å². The summed E-state index contributed by atoms with van der Waals surface area (Å²) in [5.41, 5.74) is 1.65. The molecule has 0 saturated heterocycles. The van der Waals surface area contributed by atoms with Crippen LogP contribution in [0.1, 0.15) is 18.9 Å². The molecule has 0 unspecified atom stereocenters. The number of aliphatic hydroxyl groups is 1. The van der Waals surface area contributed by atoms with E-state index in [1.54, 1.807) is 17.0 Å². The third kappa shape index (κ3) is 4.20. The van der Waals surface area contributed by atoms with Crippen LogP contribution in [0, 0.1) is 6.92 Å². The zero-order valence-electron chi connectivity index (χ0n) is 10.7. The van der Waals surface area contributed by atoms with E-state index in [2.05, 4.69) is 5.32 Å². The lowest BCUT2D eigenvalue weighted by molar-refractivity contribution is 0.188. The zero-order chi connectivity index (χ0) is 13.5. The Labute approximate surface area is 113 Å². The highest BCUT2D eigenvalue weighted by molar-refractivity contribution is 6.31. The van der Waals surface area contributed by atoms with Gasteiger partial charge in [0.2, 0.25) is 0 Å². The quantitative estimate of drug-likeness (QED) is 0.864. The number of rotatable bonds is 5. The lowest BCUT2D eigenvalue weighted by atomic mass is 10.2. The predicted octanol–water partition coefficient (Wildman–Crippen LogP) is 2.88. The fraction of sp³-hybridized carbons (Fsp3) is 0.462. The highest BCUT2D eigenvalue weighted by Crippen LogP contribution is 2.20. The first-order valence-corrected chi connectivity index (χ1v) is 6.39. The molecule has 0 bridgehead atoms. The minimum Gasteiger partial charge on any atom is -0.395 e. The summed E-state index contributed by atoms with van der Waals surface area (Å²) in [4.78, 5) is 13.6. The van der Waals surface area contributed by atoms with Crippen LogP contribution < -0.4 is 5.32 Å². The number of nitrogens with one attached hydrogen (secondary N) is 1. The molecule has 2 N–H and O–H groups in total. The van der Waals surface area contributed by atoms with Crippen molar-refractivity contribution >= 4 is 23.3 Å². The first-order chi connectivity index (χ1) is 8.58. The standard InChI is InChI=1S/C13H19ClN2O2/c1-3-6-16(7-8-17)13(18)15-12-9-11(14)5-4-10(12)2/h4-5,9,17H,3,6-8H2,1-2H3,(H,15,18). The number of aryl methyl sites for hydroxylation is 1. The van der Waals surface area contributed by atoms with Crippen LogP contribution in [-0.2, 0) is 0 Å². The van der Waals surface area contributed by atoms with Crippen molar-refractivity contribution in [1.29, 1.82) is 0 Å². The van der Waals surface area contributed by atoms with Crippen molar-refractivity contribution < 1.29 is 9.90 Å². The van der Waals surface area contributed by atoms with Crippen LogP contribution in [-0.4, -0.2) is 35.7 Å². The van der Waals surface area contributed by atoms with Crippen molar-refractivity contribution in [2.24, 2.45) is 0 Å². The second kappa shape index (κ2) is 7.24. The first kappa shape index (κ1) is 14.8. The average Bonchev–Trinajstić information content (AvgIpc) is 2.33. The van der Waals surface area contributed by atoms with Gasteiger partial charge in [-0.25, -0.2) is 4.79 Å². The Kier molecular flexibility index (Phi) is 5.95. The lowest BCUT2D eigenvalue weighted by Crippen LogP contribution is -2.37. The zero-order valence-corrected chi connectivity index (χ0v) is 11.5. The van der Waals surface area contributed by atoms with Crippen LogP contribution in [0.5, 0.6) is 0 Å². The number of carbonyl (C=O) groups is 1. The maximum Gasteiger partial charge on any atom is 0.321 e. The van der Waals surface area contributed by atoms with Crippen LogP contribution >= 0.6 is 11.6 Å². The summed E-state index contributed by atoms with van der Waals surface area (Å²) in [6, 6.07) is 5.15. The SMILES string of the molecule is CCCN(CCO)C(=O)Nc1cc(Cl)ccc1C. The van der Waals surface area contributed by atoms with E-state index >= 15 is 0 Å². The van der Waals surface area contributed by atoms with Crippen molar-refractivity contribution in [3.8, 4) is 0 Å². The van der Waals surface area contributed by atoms with Gasteiger partial charge in [0.1, 0.15) is 0 Å². The monoisotopic (exact) mass is 270 g/mol. The Morgan fingerprint density at radius 3 is 2.78 bits per heavy atom. The molecule has 0 radical (unpaired) electrons. The molecule has 1 rings (SSSR count). The van der Waals surface area contributed by atoms with Gasteiger partial charge in [-0.05, 0) is 31.0 Å². The Hall–Kier alpha value is -1.26. The summed E-state index contributed by atoms with van der Waals surface area (Å²) in [6.07, 6.45) is 0.849. The van der Waals surface area contributed by atoms with Crippen molar-refractivity contribution in [3.63, 3.8) is 0 Å². The van der Waals surface area contributed by atoms with Gasteiger partial charge in [-0.15, -0.1) is 0 Å². The minimum absolute atomic E-state index is 0.0397. The summed E-state index contributed by atoms with van der Waals surface area (Å²) in [5.74, 6) is 0. The van der Waals surface area contributed by atoms with Gasteiger partial charge in [-0.3, -0.25) is 0 Å². The Balaban J connectivity index is 2.75. The minimum atomic E-state index is -0.212. The summed E-state index contributed by atoms with van der Waals surface area (Å²) in [5, 5.41) is 12.3. The molecule has 0 aliphatic carbocycles. The average molecular weight is 271 g/mol. The van der Waals surface area contributed by atoms with E-state index < -0.39 is 0 Å². The molecule has 0 atom stereocenters. The number of benzene rings is 1. The molecule has 5 heteroatoms. The van der Waals surface area contributed by atoms with Gasteiger partial charge < -0.3 is 15.3 Å². The number of nitrogens with zero attached hydrogens (tertiary/aromatic N) is 1. The van der Waals surface area contributed by atoms with Crippen LogP contribution in [0.25, 0.3) is 0 Å². The van der Waals surface area contributed by atoms with E-state index in [0.717, 1.165) is 12.0 Å². The number of amides is 2. The molecule has 0 heterocycles. The van der Waals surface area contributed by atoms with E-state index in [1.807, 2.05) is 19.9 Å². The molecule has 2 amide bonds. The number of urea groups is 1. The van der Waals surface area contributed by atoms with Crippen molar-refractivity contribution in [2.45, 2.75) is 20.3 Å². The Morgan fingerprint density at radius 2 is 2.17 bits per heavy atom. The van der Waals surface area contributed by atoms with Crippen LogP contribution in [0.2, 0.25) is 5.02 Å². The van der Waals surface area contributed by atoms with Crippen LogP contribution in [0.3, 0.4) is 0 Å². The molecular weight excluding hydrogens is 252 g/mol.